The maximum Gasteiger partial charge on any atom is 0.326 e. The van der Waals surface area contributed by atoms with Crippen LogP contribution < -0.4 is 0 Å². The van der Waals surface area contributed by atoms with Crippen LogP contribution in [0.3, 0.4) is 0 Å². The van der Waals surface area contributed by atoms with Crippen molar-refractivity contribution < 1.29 is 19.8 Å². The van der Waals surface area contributed by atoms with Crippen LogP contribution in [0.2, 0.25) is 0 Å². The van der Waals surface area contributed by atoms with Crippen molar-refractivity contribution in [3.05, 3.63) is 0 Å². The predicted octanol–water partition coefficient (Wildman–Crippen LogP) is 1.28. The van der Waals surface area contributed by atoms with E-state index in [9.17, 15) is 19.8 Å². The quantitative estimate of drug-likeness (QED) is 0.764. The van der Waals surface area contributed by atoms with Gasteiger partial charge in [-0.25, -0.2) is 9.59 Å². The molecule has 21 heavy (non-hydrogen) atoms. The van der Waals surface area contributed by atoms with Crippen molar-refractivity contribution in [3.8, 4) is 0 Å². The minimum absolute atomic E-state index is 0.0675. The largest absolute Gasteiger partial charge is 0.480 e. The summed E-state index contributed by atoms with van der Waals surface area (Å²) < 4.78 is 0. The molecule has 3 aliphatic rings. The van der Waals surface area contributed by atoms with Gasteiger partial charge in [0.15, 0.2) is 0 Å². The number of nitrogens with zero attached hydrogens (tertiary/aromatic N) is 2. The fraction of sp³-hybridized carbons (Fsp3) is 0.867. The van der Waals surface area contributed by atoms with Crippen molar-refractivity contribution in [2.24, 2.45) is 5.92 Å². The van der Waals surface area contributed by atoms with Gasteiger partial charge in [0.2, 0.25) is 0 Å². The lowest BCUT2D eigenvalue weighted by Crippen LogP contribution is -2.52. The van der Waals surface area contributed by atoms with Crippen LogP contribution in [0.4, 0.5) is 4.79 Å². The summed E-state index contributed by atoms with van der Waals surface area (Å²) >= 11 is 0. The molecule has 0 aromatic heterocycles. The third-order valence-electron chi connectivity index (χ3n) is 5.32. The molecule has 2 aliphatic heterocycles. The molecule has 2 saturated heterocycles. The van der Waals surface area contributed by atoms with Gasteiger partial charge in [-0.05, 0) is 38.5 Å². The van der Waals surface area contributed by atoms with Gasteiger partial charge >= 0.3 is 12.0 Å². The van der Waals surface area contributed by atoms with E-state index in [0.29, 0.717) is 31.8 Å². The fourth-order valence-electron chi connectivity index (χ4n) is 4.23. The fourth-order valence-corrected chi connectivity index (χ4v) is 4.23. The molecule has 1 saturated carbocycles. The van der Waals surface area contributed by atoms with Gasteiger partial charge in [0.25, 0.3) is 0 Å². The molecule has 1 aliphatic carbocycles. The molecule has 2 amide bonds. The van der Waals surface area contributed by atoms with E-state index in [0.717, 1.165) is 25.7 Å². The molecule has 3 fully saturated rings. The summed E-state index contributed by atoms with van der Waals surface area (Å²) in [5, 5.41) is 19.5. The summed E-state index contributed by atoms with van der Waals surface area (Å²) in [6.07, 6.45) is 5.26. The van der Waals surface area contributed by atoms with Crippen molar-refractivity contribution >= 4 is 12.0 Å². The topological polar surface area (TPSA) is 81.1 Å². The third kappa shape index (κ3) is 2.61. The zero-order chi connectivity index (χ0) is 15.2. The molecule has 118 valence electrons. The van der Waals surface area contributed by atoms with Crippen molar-refractivity contribution in [2.75, 3.05) is 13.1 Å². The second-order valence-corrected chi connectivity index (χ2v) is 7.06. The van der Waals surface area contributed by atoms with E-state index in [1.165, 1.54) is 0 Å². The first kappa shape index (κ1) is 14.6. The Labute approximate surface area is 124 Å². The number of fused-ring (bicyclic) bond motifs is 1. The van der Waals surface area contributed by atoms with E-state index in [2.05, 4.69) is 0 Å². The lowest BCUT2D eigenvalue weighted by Gasteiger charge is -2.35. The molecule has 6 nitrogen and oxygen atoms in total. The van der Waals surface area contributed by atoms with E-state index in [-0.39, 0.29) is 12.1 Å². The van der Waals surface area contributed by atoms with Gasteiger partial charge in [0, 0.05) is 12.6 Å². The molecular weight excluding hydrogens is 272 g/mol. The van der Waals surface area contributed by atoms with Crippen molar-refractivity contribution in [1.82, 2.24) is 9.80 Å². The maximum atomic E-state index is 12.8. The van der Waals surface area contributed by atoms with Gasteiger partial charge in [0.1, 0.15) is 6.04 Å². The zero-order valence-electron chi connectivity index (χ0n) is 12.5. The summed E-state index contributed by atoms with van der Waals surface area (Å²) in [4.78, 5) is 27.5. The first-order valence-corrected chi connectivity index (χ1v) is 7.91. The smallest absolute Gasteiger partial charge is 0.326 e. The molecule has 6 heteroatoms. The molecule has 0 radical (unpaired) electrons. The van der Waals surface area contributed by atoms with Crippen LogP contribution in [0.25, 0.3) is 0 Å². The summed E-state index contributed by atoms with van der Waals surface area (Å²) in [6, 6.07) is -0.830. The molecule has 2 heterocycles. The number of carbonyl (C=O) groups excluding carboxylic acids is 1. The summed E-state index contributed by atoms with van der Waals surface area (Å²) in [6.45, 7) is 2.53. The van der Waals surface area contributed by atoms with Crippen LogP contribution >= 0.6 is 0 Å². The van der Waals surface area contributed by atoms with E-state index in [1.807, 2.05) is 0 Å². The minimum atomic E-state index is -0.899. The van der Waals surface area contributed by atoms with Crippen molar-refractivity contribution in [3.63, 3.8) is 0 Å². The number of aliphatic carboxylic acids is 1. The summed E-state index contributed by atoms with van der Waals surface area (Å²) in [5.74, 6) is -0.573. The van der Waals surface area contributed by atoms with E-state index >= 15 is 0 Å². The third-order valence-corrected chi connectivity index (χ3v) is 5.32. The zero-order valence-corrected chi connectivity index (χ0v) is 12.5. The monoisotopic (exact) mass is 296 g/mol. The highest BCUT2D eigenvalue weighted by atomic mass is 16.4. The van der Waals surface area contributed by atoms with Crippen LogP contribution in [0.1, 0.15) is 45.4 Å². The number of carboxylic acid groups (broad SMARTS) is 1. The Balaban J connectivity index is 1.80. The Morgan fingerprint density at radius 2 is 1.95 bits per heavy atom. The second-order valence-electron chi connectivity index (χ2n) is 7.06. The number of likely N-dealkylation sites (tertiary alicyclic amines) is 2. The number of carboxylic acids is 1. The summed E-state index contributed by atoms with van der Waals surface area (Å²) in [5.41, 5.74) is -0.847. The van der Waals surface area contributed by atoms with Crippen molar-refractivity contribution in [1.29, 1.82) is 0 Å². The molecule has 4 atom stereocenters. The molecule has 0 aromatic carbocycles. The van der Waals surface area contributed by atoms with Crippen LogP contribution in [0, 0.1) is 5.92 Å². The van der Waals surface area contributed by atoms with Crippen LogP contribution in [0.15, 0.2) is 0 Å². The Hall–Kier alpha value is -1.30. The highest BCUT2D eigenvalue weighted by molar-refractivity contribution is 5.84. The standard InChI is InChI=1S/C15H24N2O4/c1-15(21)6-7-16(9-15)14(20)17-11-5-3-2-4-10(11)8-12(17)13(18)19/h10-12,21H,2-9H2,1H3,(H,18,19). The number of urea groups is 1. The number of β-amino-alcohol motifs (C(OH)–C–C–N with tert-alkyl or cyclic N) is 1. The Morgan fingerprint density at radius 1 is 1.24 bits per heavy atom. The summed E-state index contributed by atoms with van der Waals surface area (Å²) in [7, 11) is 0. The predicted molar refractivity (Wildman–Crippen MR) is 75.8 cm³/mol. The highest BCUT2D eigenvalue weighted by Crippen LogP contribution is 2.40. The normalized spacial score (nSPS) is 39.4. The van der Waals surface area contributed by atoms with E-state index in [4.69, 9.17) is 0 Å². The lowest BCUT2D eigenvalue weighted by atomic mass is 9.85. The average molecular weight is 296 g/mol. The number of amides is 2. The molecule has 0 spiro atoms. The minimum Gasteiger partial charge on any atom is -0.480 e. The van der Waals surface area contributed by atoms with E-state index < -0.39 is 17.6 Å². The Bertz CT molecular complexity index is 451. The number of hydrogen-bond donors (Lipinski definition) is 2. The van der Waals surface area contributed by atoms with E-state index in [1.54, 1.807) is 16.7 Å². The first-order chi connectivity index (χ1) is 9.89. The Kier molecular flexibility index (Phi) is 3.59. The SMILES string of the molecule is CC1(O)CCN(C(=O)N2C(C(=O)O)CC3CCCCC32)C1. The van der Waals surface area contributed by atoms with Crippen molar-refractivity contribution in [2.45, 2.75) is 63.1 Å². The van der Waals surface area contributed by atoms with Gasteiger partial charge in [-0.3, -0.25) is 0 Å². The first-order valence-electron chi connectivity index (χ1n) is 7.91. The second kappa shape index (κ2) is 5.16. The van der Waals surface area contributed by atoms with Gasteiger partial charge in [-0.1, -0.05) is 12.8 Å². The number of rotatable bonds is 1. The van der Waals surface area contributed by atoms with Gasteiger partial charge in [0.05, 0.1) is 12.1 Å². The van der Waals surface area contributed by atoms with Crippen LogP contribution in [-0.4, -0.2) is 62.8 Å². The van der Waals surface area contributed by atoms with Gasteiger partial charge in [-0.15, -0.1) is 0 Å². The van der Waals surface area contributed by atoms with Gasteiger partial charge < -0.3 is 20.0 Å². The Morgan fingerprint density at radius 3 is 2.57 bits per heavy atom. The molecular formula is C15H24N2O4. The van der Waals surface area contributed by atoms with Crippen LogP contribution in [-0.2, 0) is 4.79 Å². The number of hydrogen-bond acceptors (Lipinski definition) is 3. The molecule has 0 bridgehead atoms. The number of aliphatic hydroxyl groups is 1. The number of carbonyl (C=O) groups is 2. The van der Waals surface area contributed by atoms with Crippen LogP contribution in [0.5, 0.6) is 0 Å². The van der Waals surface area contributed by atoms with Gasteiger partial charge in [-0.2, -0.15) is 0 Å². The molecule has 3 rings (SSSR count). The molecule has 0 aromatic rings. The average Bonchev–Trinajstić information content (AvgIpc) is 2.98. The highest BCUT2D eigenvalue weighted by Gasteiger charge is 2.49. The molecule has 2 N–H and O–H groups in total. The lowest BCUT2D eigenvalue weighted by molar-refractivity contribution is -0.141. The molecule has 4 unspecified atom stereocenters. The maximum absolute atomic E-state index is 12.8.